The van der Waals surface area contributed by atoms with Crippen LogP contribution in [-0.2, 0) is 0 Å². The molecule has 1 aromatic rings. The first-order valence-corrected chi connectivity index (χ1v) is 7.04. The van der Waals surface area contributed by atoms with Crippen molar-refractivity contribution in [3.05, 3.63) is 24.1 Å². The Morgan fingerprint density at radius 1 is 1.21 bits per heavy atom. The van der Waals surface area contributed by atoms with Crippen LogP contribution in [0.1, 0.15) is 12.8 Å². The van der Waals surface area contributed by atoms with Crippen LogP contribution in [0.15, 0.2) is 18.3 Å². The lowest BCUT2D eigenvalue weighted by molar-refractivity contribution is -0.852. The number of quaternary nitrogens is 1. The third kappa shape index (κ3) is 1.95. The minimum atomic E-state index is -0.324. The van der Waals surface area contributed by atoms with E-state index in [-0.39, 0.29) is 11.9 Å². The van der Waals surface area contributed by atoms with Crippen molar-refractivity contribution in [2.45, 2.75) is 18.9 Å². The van der Waals surface area contributed by atoms with Crippen molar-refractivity contribution in [3.63, 3.8) is 0 Å². The van der Waals surface area contributed by atoms with E-state index in [1.165, 1.54) is 25.1 Å². The first kappa shape index (κ1) is 11.7. The average molecular weight is 259 g/mol. The summed E-state index contributed by atoms with van der Waals surface area (Å²) in [6, 6.07) is 3.02. The summed E-state index contributed by atoms with van der Waals surface area (Å²) in [5, 5.41) is 0. The summed E-state index contributed by atoms with van der Waals surface area (Å²) in [7, 11) is 6.41. The van der Waals surface area contributed by atoms with E-state index in [9.17, 15) is 4.39 Å². The molecule has 0 spiro atoms. The topological polar surface area (TPSA) is 22.1 Å². The minimum Gasteiger partial charge on any atom is -0.473 e. The molecule has 0 N–H and O–H groups in total. The van der Waals surface area contributed by atoms with Crippen molar-refractivity contribution in [3.8, 4) is 5.88 Å². The highest BCUT2D eigenvalue weighted by atomic mass is 19.1. The molecule has 2 radical (unpaired) electrons. The van der Waals surface area contributed by atoms with Crippen molar-refractivity contribution < 1.29 is 13.5 Å². The fourth-order valence-corrected chi connectivity index (χ4v) is 4.55. The fourth-order valence-electron chi connectivity index (χ4n) is 4.55. The minimum absolute atomic E-state index is 0.212. The number of piperidine rings is 3. The number of hydrogen-bond donors (Lipinski definition) is 0. The molecule has 2 unspecified atom stereocenters. The molecular formula is C14H17BFN2O+. The first-order chi connectivity index (χ1) is 9.11. The van der Waals surface area contributed by atoms with E-state index >= 15 is 0 Å². The lowest BCUT2D eigenvalue weighted by atomic mass is 9.63. The van der Waals surface area contributed by atoms with Gasteiger partial charge in [-0.25, -0.2) is 9.37 Å². The molecule has 3 nitrogen and oxygen atoms in total. The molecule has 4 heterocycles. The summed E-state index contributed by atoms with van der Waals surface area (Å²) in [6.45, 7) is 3.16. The lowest BCUT2D eigenvalue weighted by Crippen LogP contribution is -2.70. The molecule has 1 saturated carbocycles. The zero-order chi connectivity index (χ0) is 13.0. The molecule has 19 heavy (non-hydrogen) atoms. The van der Waals surface area contributed by atoms with Gasteiger partial charge in [0, 0.05) is 23.8 Å². The molecule has 3 aliphatic heterocycles. The number of aromatic nitrogens is 1. The lowest BCUT2D eigenvalue weighted by Gasteiger charge is -2.59. The molecule has 5 rings (SSSR count). The van der Waals surface area contributed by atoms with Gasteiger partial charge in [-0.2, -0.15) is 0 Å². The molecule has 3 saturated heterocycles. The van der Waals surface area contributed by atoms with E-state index in [2.05, 4.69) is 4.98 Å². The smallest absolute Gasteiger partial charge is 0.473 e. The van der Waals surface area contributed by atoms with Crippen molar-refractivity contribution >= 4 is 7.98 Å². The van der Waals surface area contributed by atoms with Crippen LogP contribution in [0.3, 0.4) is 0 Å². The monoisotopic (exact) mass is 259 g/mol. The third-order valence-corrected chi connectivity index (χ3v) is 4.98. The van der Waals surface area contributed by atoms with Gasteiger partial charge in [0.2, 0.25) is 5.88 Å². The van der Waals surface area contributed by atoms with Crippen LogP contribution in [-0.4, -0.2) is 43.1 Å². The average Bonchev–Trinajstić information content (AvgIpc) is 2.34. The summed E-state index contributed by atoms with van der Waals surface area (Å²) in [6.07, 6.45) is 3.87. The molecule has 1 aromatic heterocycles. The normalized spacial score (nSPS) is 43.4. The van der Waals surface area contributed by atoms with Crippen LogP contribution in [0.4, 0.5) is 4.39 Å². The number of nitrogens with zero attached hydrogens (tertiary/aromatic N) is 2. The van der Waals surface area contributed by atoms with Gasteiger partial charge in [-0.15, -0.1) is 0 Å². The Morgan fingerprint density at radius 3 is 2.53 bits per heavy atom. The molecule has 98 valence electrons. The van der Waals surface area contributed by atoms with Crippen molar-refractivity contribution in [2.75, 3.05) is 19.6 Å². The zero-order valence-electron chi connectivity index (χ0n) is 10.8. The largest absolute Gasteiger partial charge is 0.481 e. The van der Waals surface area contributed by atoms with Crippen molar-refractivity contribution in [1.82, 2.24) is 4.98 Å². The number of hydrogen-bond acceptors (Lipinski definition) is 2. The number of ether oxygens (including phenoxy) is 1. The highest BCUT2D eigenvalue weighted by Crippen LogP contribution is 2.47. The Kier molecular flexibility index (Phi) is 2.43. The van der Waals surface area contributed by atoms with Gasteiger partial charge in [0.25, 0.3) is 0 Å². The van der Waals surface area contributed by atoms with E-state index < -0.39 is 0 Å². The summed E-state index contributed by atoms with van der Waals surface area (Å²) in [4.78, 5) is 4.01. The van der Waals surface area contributed by atoms with Crippen LogP contribution >= 0.6 is 0 Å². The molecule has 2 atom stereocenters. The molecule has 5 heteroatoms. The number of pyridine rings is 1. The van der Waals surface area contributed by atoms with Crippen LogP contribution in [0.2, 0.25) is 0 Å². The van der Waals surface area contributed by atoms with Crippen LogP contribution in [0.25, 0.3) is 0 Å². The van der Waals surface area contributed by atoms with Gasteiger partial charge in [-0.1, -0.05) is 0 Å². The van der Waals surface area contributed by atoms with E-state index in [0.29, 0.717) is 17.7 Å². The molecule has 0 aromatic carbocycles. The summed E-state index contributed by atoms with van der Waals surface area (Å²) < 4.78 is 19.6. The highest BCUT2D eigenvalue weighted by molar-refractivity contribution is 5.97. The second-order valence-electron chi connectivity index (χ2n) is 6.52. The molecule has 4 bridgehead atoms. The second kappa shape index (κ2) is 3.95. The van der Waals surface area contributed by atoms with Crippen LogP contribution < -0.4 is 4.74 Å². The first-order valence-electron chi connectivity index (χ1n) is 7.04. The van der Waals surface area contributed by atoms with Crippen molar-refractivity contribution in [2.24, 2.45) is 17.8 Å². The van der Waals surface area contributed by atoms with Gasteiger partial charge >= 0.3 is 7.98 Å². The Morgan fingerprint density at radius 2 is 1.95 bits per heavy atom. The molecular weight excluding hydrogens is 242 g/mol. The fraction of sp³-hybridized carbons (Fsp3) is 0.643. The summed E-state index contributed by atoms with van der Waals surface area (Å²) in [5.74, 6) is 2.04. The van der Waals surface area contributed by atoms with Gasteiger partial charge in [0.1, 0.15) is 11.9 Å². The van der Waals surface area contributed by atoms with Gasteiger partial charge < -0.3 is 9.13 Å². The van der Waals surface area contributed by atoms with Gasteiger partial charge in [-0.05, 0) is 18.9 Å². The highest BCUT2D eigenvalue weighted by Gasteiger charge is 2.55. The quantitative estimate of drug-likeness (QED) is 0.751. The van der Waals surface area contributed by atoms with Gasteiger partial charge in [0.15, 0.2) is 0 Å². The second-order valence-corrected chi connectivity index (χ2v) is 6.52. The zero-order valence-corrected chi connectivity index (χ0v) is 10.8. The van der Waals surface area contributed by atoms with Gasteiger partial charge in [-0.3, -0.25) is 0 Å². The predicted octanol–water partition coefficient (Wildman–Crippen LogP) is 1.54. The number of halogens is 1. The third-order valence-electron chi connectivity index (χ3n) is 4.98. The van der Waals surface area contributed by atoms with E-state index in [4.69, 9.17) is 12.7 Å². The summed E-state index contributed by atoms with van der Waals surface area (Å²) in [5.41, 5.74) is 0. The maximum Gasteiger partial charge on any atom is 0.481 e. The van der Waals surface area contributed by atoms with Crippen molar-refractivity contribution in [1.29, 1.82) is 0 Å². The van der Waals surface area contributed by atoms with Crippen LogP contribution in [0, 0.1) is 23.6 Å². The van der Waals surface area contributed by atoms with E-state index in [1.54, 1.807) is 6.07 Å². The number of rotatable bonds is 2. The van der Waals surface area contributed by atoms with Gasteiger partial charge in [0.05, 0.1) is 25.8 Å². The van der Waals surface area contributed by atoms with E-state index in [1.807, 2.05) is 0 Å². The molecule has 4 aliphatic rings. The maximum absolute atomic E-state index is 12.9. The summed E-state index contributed by atoms with van der Waals surface area (Å²) >= 11 is 0. The molecule has 1 aliphatic carbocycles. The van der Waals surface area contributed by atoms with E-state index in [0.717, 1.165) is 29.9 Å². The van der Waals surface area contributed by atoms with Crippen LogP contribution in [0.5, 0.6) is 5.88 Å². The molecule has 4 fully saturated rings. The SMILES string of the molecule is [B][N+]12CC3CC(C1)C(Oc1ccc(F)cn1)C(C3)C2. The molecule has 0 amide bonds. The maximum atomic E-state index is 12.9. The Labute approximate surface area is 113 Å². The standard InChI is InChI=1S/C14H17BFN2O/c15-18-6-9-3-10(7-18)14(11(4-9)8-18)19-13-2-1-12(16)5-17-13/h1-2,5,9-11,14H,3-4,6-8H2/q+1. The Bertz CT molecular complexity index is 479. The Hall–Kier alpha value is -1.10. The Balaban J connectivity index is 1.55. The predicted molar refractivity (Wildman–Crippen MR) is 68.9 cm³/mol.